The van der Waals surface area contributed by atoms with Crippen LogP contribution in [0.15, 0.2) is 28.8 Å². The van der Waals surface area contributed by atoms with Crippen LogP contribution >= 0.6 is 0 Å². The van der Waals surface area contributed by atoms with Crippen molar-refractivity contribution in [3.63, 3.8) is 0 Å². The van der Waals surface area contributed by atoms with Crippen molar-refractivity contribution in [3.05, 3.63) is 23.8 Å². The lowest BCUT2D eigenvalue weighted by Crippen LogP contribution is -2.29. The molecule has 0 atom stereocenters. The van der Waals surface area contributed by atoms with Gasteiger partial charge in [0.15, 0.2) is 0 Å². The lowest BCUT2D eigenvalue weighted by atomic mass is 10.2. The van der Waals surface area contributed by atoms with E-state index < -0.39 is 0 Å². The van der Waals surface area contributed by atoms with Crippen molar-refractivity contribution in [3.8, 4) is 0 Å². The van der Waals surface area contributed by atoms with Crippen LogP contribution in [0, 0.1) is 0 Å². The zero-order valence-electron chi connectivity index (χ0n) is 8.75. The molecule has 0 N–H and O–H groups in total. The molecule has 1 heterocycles. The molecule has 0 unspecified atom stereocenters. The molecule has 1 aliphatic rings. The smallest absolute Gasteiger partial charge is 0.0277 e. The van der Waals surface area contributed by atoms with Crippen molar-refractivity contribution in [1.29, 1.82) is 0 Å². The van der Waals surface area contributed by atoms with E-state index in [1.165, 1.54) is 11.1 Å². The van der Waals surface area contributed by atoms with Gasteiger partial charge in [-0.15, -0.1) is 0 Å². The van der Waals surface area contributed by atoms with Gasteiger partial charge in [-0.3, -0.25) is 9.89 Å². The monoisotopic (exact) mass is 178 g/mol. The van der Waals surface area contributed by atoms with E-state index in [9.17, 15) is 0 Å². The minimum absolute atomic E-state index is 0.595. The van der Waals surface area contributed by atoms with Crippen LogP contribution in [-0.4, -0.2) is 37.3 Å². The van der Waals surface area contributed by atoms with E-state index in [0.717, 1.165) is 13.1 Å². The van der Waals surface area contributed by atoms with E-state index in [-0.39, 0.29) is 0 Å². The summed E-state index contributed by atoms with van der Waals surface area (Å²) in [5, 5.41) is 0. The molecule has 0 radical (unpaired) electrons. The normalized spacial score (nSPS) is 19.4. The van der Waals surface area contributed by atoms with Crippen LogP contribution in [0.5, 0.6) is 0 Å². The van der Waals surface area contributed by atoms with Gasteiger partial charge in [0.05, 0.1) is 0 Å². The van der Waals surface area contributed by atoms with Gasteiger partial charge < -0.3 is 0 Å². The summed E-state index contributed by atoms with van der Waals surface area (Å²) in [6.07, 6.45) is 3.89. The summed E-state index contributed by atoms with van der Waals surface area (Å²) in [7, 11) is 1.81. The van der Waals surface area contributed by atoms with Gasteiger partial charge in [-0.05, 0) is 25.0 Å². The maximum absolute atomic E-state index is 4.05. The van der Waals surface area contributed by atoms with Gasteiger partial charge >= 0.3 is 0 Å². The molecule has 2 nitrogen and oxygen atoms in total. The molecular formula is C11H18N2. The summed E-state index contributed by atoms with van der Waals surface area (Å²) in [6.45, 7) is 10.3. The molecule has 0 aromatic carbocycles. The third-order valence-electron chi connectivity index (χ3n) is 2.42. The number of rotatable bonds is 3. The van der Waals surface area contributed by atoms with Crippen molar-refractivity contribution < 1.29 is 0 Å². The highest BCUT2D eigenvalue weighted by atomic mass is 15.2. The Labute approximate surface area is 80.7 Å². The molecular weight excluding hydrogens is 160 g/mol. The maximum Gasteiger partial charge on any atom is 0.0277 e. The second-order valence-corrected chi connectivity index (χ2v) is 3.64. The van der Waals surface area contributed by atoms with Gasteiger partial charge in [-0.1, -0.05) is 12.7 Å². The molecule has 72 valence electrons. The van der Waals surface area contributed by atoms with E-state index in [1.807, 2.05) is 19.3 Å². The first-order valence-corrected chi connectivity index (χ1v) is 4.69. The quantitative estimate of drug-likeness (QED) is 0.603. The van der Waals surface area contributed by atoms with Gasteiger partial charge in [0.25, 0.3) is 0 Å². The summed E-state index contributed by atoms with van der Waals surface area (Å²) in [5.41, 5.74) is 2.63. The molecule has 13 heavy (non-hydrogen) atoms. The minimum Gasteiger partial charge on any atom is -0.296 e. The SMILES string of the molecule is C=CC1=C(C=NC)CN(C(C)C)C1. The van der Waals surface area contributed by atoms with Crippen LogP contribution in [0.4, 0.5) is 0 Å². The summed E-state index contributed by atoms with van der Waals surface area (Å²) in [4.78, 5) is 6.46. The average molecular weight is 178 g/mol. The Morgan fingerprint density at radius 1 is 1.38 bits per heavy atom. The summed E-state index contributed by atoms with van der Waals surface area (Å²) >= 11 is 0. The molecule has 0 bridgehead atoms. The summed E-state index contributed by atoms with van der Waals surface area (Å²) in [5.74, 6) is 0. The fourth-order valence-electron chi connectivity index (χ4n) is 1.54. The van der Waals surface area contributed by atoms with Gasteiger partial charge in [0, 0.05) is 32.4 Å². The largest absolute Gasteiger partial charge is 0.296 e. The third kappa shape index (κ3) is 2.28. The first-order chi connectivity index (χ1) is 6.19. The molecule has 0 aliphatic carbocycles. The Morgan fingerprint density at radius 3 is 2.46 bits per heavy atom. The van der Waals surface area contributed by atoms with E-state index in [1.54, 1.807) is 0 Å². The van der Waals surface area contributed by atoms with Crippen LogP contribution < -0.4 is 0 Å². The fourth-order valence-corrected chi connectivity index (χ4v) is 1.54. The fraction of sp³-hybridized carbons (Fsp3) is 0.545. The molecule has 0 spiro atoms. The predicted molar refractivity (Wildman–Crippen MR) is 58.3 cm³/mol. The highest BCUT2D eigenvalue weighted by Crippen LogP contribution is 2.18. The molecule has 2 heteroatoms. The van der Waals surface area contributed by atoms with E-state index in [0.29, 0.717) is 6.04 Å². The Bertz CT molecular complexity index is 249. The molecule has 0 fully saturated rings. The molecule has 0 saturated heterocycles. The van der Waals surface area contributed by atoms with Gasteiger partial charge in [0.1, 0.15) is 0 Å². The maximum atomic E-state index is 4.05. The molecule has 0 amide bonds. The molecule has 0 aromatic heterocycles. The standard InChI is InChI=1S/C11H18N2/c1-5-10-7-13(9(2)3)8-11(10)6-12-4/h5-6,9H,1,7-8H2,2-4H3. The molecule has 0 aromatic rings. The Morgan fingerprint density at radius 2 is 2.00 bits per heavy atom. The number of hydrogen-bond acceptors (Lipinski definition) is 2. The van der Waals surface area contributed by atoms with Gasteiger partial charge in [-0.2, -0.15) is 0 Å². The Hall–Kier alpha value is -0.890. The third-order valence-corrected chi connectivity index (χ3v) is 2.42. The van der Waals surface area contributed by atoms with Crippen molar-refractivity contribution in [2.75, 3.05) is 20.1 Å². The highest BCUT2D eigenvalue weighted by Gasteiger charge is 2.20. The van der Waals surface area contributed by atoms with Crippen molar-refractivity contribution in [1.82, 2.24) is 4.90 Å². The average Bonchev–Trinajstić information content (AvgIpc) is 2.48. The van der Waals surface area contributed by atoms with Crippen molar-refractivity contribution in [2.24, 2.45) is 4.99 Å². The predicted octanol–water partition coefficient (Wildman–Crippen LogP) is 1.89. The first-order valence-electron chi connectivity index (χ1n) is 4.69. The molecule has 1 aliphatic heterocycles. The van der Waals surface area contributed by atoms with Crippen molar-refractivity contribution >= 4 is 6.21 Å². The van der Waals surface area contributed by atoms with Crippen LogP contribution in [-0.2, 0) is 0 Å². The van der Waals surface area contributed by atoms with E-state index in [4.69, 9.17) is 0 Å². The molecule has 0 saturated carbocycles. The second kappa shape index (κ2) is 4.38. The van der Waals surface area contributed by atoms with Crippen LogP contribution in [0.25, 0.3) is 0 Å². The lowest BCUT2D eigenvalue weighted by molar-refractivity contribution is 0.284. The highest BCUT2D eigenvalue weighted by molar-refractivity contribution is 5.82. The van der Waals surface area contributed by atoms with Crippen LogP contribution in [0.2, 0.25) is 0 Å². The van der Waals surface area contributed by atoms with Crippen LogP contribution in [0.3, 0.4) is 0 Å². The first kappa shape index (κ1) is 10.2. The van der Waals surface area contributed by atoms with Gasteiger partial charge in [0.2, 0.25) is 0 Å². The topological polar surface area (TPSA) is 15.6 Å². The zero-order chi connectivity index (χ0) is 9.84. The zero-order valence-corrected chi connectivity index (χ0v) is 8.75. The minimum atomic E-state index is 0.595. The van der Waals surface area contributed by atoms with Crippen LogP contribution in [0.1, 0.15) is 13.8 Å². The van der Waals surface area contributed by atoms with Gasteiger partial charge in [-0.25, -0.2) is 0 Å². The van der Waals surface area contributed by atoms with E-state index in [2.05, 4.69) is 30.3 Å². The second-order valence-electron chi connectivity index (χ2n) is 3.64. The number of hydrogen-bond donors (Lipinski definition) is 0. The van der Waals surface area contributed by atoms with E-state index >= 15 is 0 Å². The number of nitrogens with zero attached hydrogens (tertiary/aromatic N) is 2. The lowest BCUT2D eigenvalue weighted by Gasteiger charge is -2.19. The summed E-state index contributed by atoms with van der Waals surface area (Å²) < 4.78 is 0. The number of aliphatic imine (C=N–C) groups is 1. The Kier molecular flexibility index (Phi) is 3.43. The van der Waals surface area contributed by atoms with Crippen molar-refractivity contribution in [2.45, 2.75) is 19.9 Å². The Balaban J connectivity index is 2.74. The molecule has 1 rings (SSSR count). The summed E-state index contributed by atoms with van der Waals surface area (Å²) in [6, 6.07) is 0.595.